The SMILES string of the molecule is N#CC1(CCCc2ccccc2)CCN(CC2CN(C(CC3CCC3)C(=O)O)CC2c2ccccc2)CC1. The van der Waals surface area contributed by atoms with E-state index in [2.05, 4.69) is 76.5 Å². The number of nitrogens with zero attached hydrogens (tertiary/aromatic N) is 3. The Hall–Kier alpha value is -2.68. The summed E-state index contributed by atoms with van der Waals surface area (Å²) in [6.07, 6.45) is 9.34. The molecule has 0 radical (unpaired) electrons. The van der Waals surface area contributed by atoms with Crippen molar-refractivity contribution >= 4 is 5.97 Å². The van der Waals surface area contributed by atoms with Crippen LogP contribution in [0.2, 0.25) is 0 Å². The first-order chi connectivity index (χ1) is 18.5. The van der Waals surface area contributed by atoms with Crippen molar-refractivity contribution in [3.05, 3.63) is 71.8 Å². The predicted molar refractivity (Wildman–Crippen MR) is 151 cm³/mol. The lowest BCUT2D eigenvalue weighted by Crippen LogP contribution is -2.44. The van der Waals surface area contributed by atoms with Gasteiger partial charge in [0.1, 0.15) is 6.04 Å². The van der Waals surface area contributed by atoms with Gasteiger partial charge in [-0.3, -0.25) is 9.69 Å². The summed E-state index contributed by atoms with van der Waals surface area (Å²) < 4.78 is 0. The van der Waals surface area contributed by atoms with Gasteiger partial charge in [0, 0.05) is 25.6 Å². The lowest BCUT2D eigenvalue weighted by molar-refractivity contribution is -0.144. The van der Waals surface area contributed by atoms with Crippen molar-refractivity contribution in [3.8, 4) is 6.07 Å². The quantitative estimate of drug-likeness (QED) is 0.401. The fourth-order valence-electron chi connectivity index (χ4n) is 7.06. The van der Waals surface area contributed by atoms with Gasteiger partial charge in [-0.2, -0.15) is 5.26 Å². The third kappa shape index (κ3) is 6.47. The molecule has 2 aromatic carbocycles. The highest BCUT2D eigenvalue weighted by Crippen LogP contribution is 2.40. The van der Waals surface area contributed by atoms with Gasteiger partial charge in [-0.25, -0.2) is 0 Å². The monoisotopic (exact) mass is 513 g/mol. The summed E-state index contributed by atoms with van der Waals surface area (Å²) in [5, 5.41) is 20.2. The molecule has 1 saturated carbocycles. The average molecular weight is 514 g/mol. The van der Waals surface area contributed by atoms with E-state index in [9.17, 15) is 15.2 Å². The largest absolute Gasteiger partial charge is 0.480 e. The Labute approximate surface area is 228 Å². The van der Waals surface area contributed by atoms with Crippen LogP contribution >= 0.6 is 0 Å². The van der Waals surface area contributed by atoms with Gasteiger partial charge in [-0.1, -0.05) is 79.9 Å². The summed E-state index contributed by atoms with van der Waals surface area (Å²) >= 11 is 0. The summed E-state index contributed by atoms with van der Waals surface area (Å²) in [5.41, 5.74) is 2.48. The number of likely N-dealkylation sites (tertiary alicyclic amines) is 2. The number of benzene rings is 2. The van der Waals surface area contributed by atoms with E-state index in [0.29, 0.717) is 17.8 Å². The summed E-state index contributed by atoms with van der Waals surface area (Å²) in [6.45, 7) is 4.58. The minimum absolute atomic E-state index is 0.205. The Balaban J connectivity index is 1.20. The van der Waals surface area contributed by atoms with E-state index in [1.807, 2.05) is 0 Å². The van der Waals surface area contributed by atoms with Crippen LogP contribution in [0.4, 0.5) is 0 Å². The maximum Gasteiger partial charge on any atom is 0.320 e. The van der Waals surface area contributed by atoms with E-state index < -0.39 is 5.97 Å². The molecule has 0 aromatic heterocycles. The van der Waals surface area contributed by atoms with Crippen molar-refractivity contribution in [1.29, 1.82) is 5.26 Å². The van der Waals surface area contributed by atoms with Crippen molar-refractivity contribution in [1.82, 2.24) is 9.80 Å². The van der Waals surface area contributed by atoms with Crippen LogP contribution in [0.15, 0.2) is 60.7 Å². The highest BCUT2D eigenvalue weighted by Gasteiger charge is 2.42. The van der Waals surface area contributed by atoms with Gasteiger partial charge in [0.05, 0.1) is 11.5 Å². The lowest BCUT2D eigenvalue weighted by atomic mass is 9.75. The standard InChI is InChI=1S/C33H43N3O2/c34-25-33(16-8-13-26-9-3-1-4-10-26)17-19-35(20-18-33)22-29-23-36(24-30(29)28-14-5-2-6-15-28)31(32(37)38)21-27-11-7-12-27/h1-6,9-10,14-15,27,29-31H,7-8,11-13,16-24H2,(H,37,38). The van der Waals surface area contributed by atoms with Crippen molar-refractivity contribution in [3.63, 3.8) is 0 Å². The number of rotatable bonds is 11. The molecular formula is C33H43N3O2. The van der Waals surface area contributed by atoms with Gasteiger partial charge < -0.3 is 10.0 Å². The molecule has 0 amide bonds. The van der Waals surface area contributed by atoms with E-state index in [1.165, 1.54) is 30.4 Å². The lowest BCUT2D eigenvalue weighted by Gasteiger charge is -2.39. The number of carboxylic acids is 1. The highest BCUT2D eigenvalue weighted by atomic mass is 16.4. The van der Waals surface area contributed by atoms with Gasteiger partial charge in [-0.05, 0) is 74.6 Å². The second-order valence-corrected chi connectivity index (χ2v) is 12.1. The molecule has 0 bridgehead atoms. The molecule has 202 valence electrons. The first-order valence-corrected chi connectivity index (χ1v) is 14.7. The molecule has 5 heteroatoms. The summed E-state index contributed by atoms with van der Waals surface area (Å²) in [7, 11) is 0. The van der Waals surface area contributed by atoms with Gasteiger partial charge >= 0.3 is 5.97 Å². The van der Waals surface area contributed by atoms with Crippen molar-refractivity contribution < 1.29 is 9.90 Å². The van der Waals surface area contributed by atoms with Crippen molar-refractivity contribution in [2.45, 2.75) is 69.7 Å². The van der Waals surface area contributed by atoms with Crippen LogP contribution in [0.25, 0.3) is 0 Å². The van der Waals surface area contributed by atoms with Gasteiger partial charge in [0.25, 0.3) is 0 Å². The van der Waals surface area contributed by atoms with Crippen molar-refractivity contribution in [2.75, 3.05) is 32.7 Å². The number of hydrogen-bond donors (Lipinski definition) is 1. The Morgan fingerprint density at radius 2 is 1.71 bits per heavy atom. The number of nitriles is 1. The molecule has 3 atom stereocenters. The van der Waals surface area contributed by atoms with Gasteiger partial charge in [0.15, 0.2) is 0 Å². The molecule has 1 N–H and O–H groups in total. The maximum atomic E-state index is 12.3. The highest BCUT2D eigenvalue weighted by molar-refractivity contribution is 5.73. The van der Waals surface area contributed by atoms with Crippen LogP contribution < -0.4 is 0 Å². The molecule has 5 rings (SSSR count). The smallest absolute Gasteiger partial charge is 0.320 e. The molecule has 5 nitrogen and oxygen atoms in total. The van der Waals surface area contributed by atoms with Crippen LogP contribution in [0.3, 0.4) is 0 Å². The van der Waals surface area contributed by atoms with Crippen molar-refractivity contribution in [2.24, 2.45) is 17.3 Å². The maximum absolute atomic E-state index is 12.3. The van der Waals surface area contributed by atoms with Gasteiger partial charge in [-0.15, -0.1) is 0 Å². The first-order valence-electron chi connectivity index (χ1n) is 14.7. The minimum atomic E-state index is -0.656. The van der Waals surface area contributed by atoms with E-state index in [0.717, 1.165) is 71.2 Å². The molecule has 2 aromatic rings. The number of hydrogen-bond acceptors (Lipinski definition) is 4. The number of aliphatic carboxylic acids is 1. The topological polar surface area (TPSA) is 67.6 Å². The number of aryl methyl sites for hydroxylation is 1. The Kier molecular flexibility index (Phi) is 8.82. The molecule has 3 unspecified atom stereocenters. The van der Waals surface area contributed by atoms with Crippen LogP contribution in [0.5, 0.6) is 0 Å². The van der Waals surface area contributed by atoms with Gasteiger partial charge in [0.2, 0.25) is 0 Å². The van der Waals surface area contributed by atoms with Crippen LogP contribution in [0.1, 0.15) is 68.4 Å². The summed E-state index contributed by atoms with van der Waals surface area (Å²) in [6, 6.07) is 23.6. The van der Waals surface area contributed by atoms with Crippen LogP contribution in [-0.4, -0.2) is 59.6 Å². The Morgan fingerprint density at radius 1 is 1.03 bits per heavy atom. The zero-order chi connectivity index (χ0) is 26.4. The first kappa shape index (κ1) is 26.9. The fraction of sp³-hybridized carbons (Fsp3) is 0.576. The second kappa shape index (κ2) is 12.5. The van der Waals surface area contributed by atoms with E-state index in [4.69, 9.17) is 0 Å². The molecule has 0 spiro atoms. The van der Waals surface area contributed by atoms with E-state index >= 15 is 0 Å². The number of carbonyl (C=O) groups is 1. The third-order valence-corrected chi connectivity index (χ3v) is 9.71. The normalized spacial score (nSPS) is 24.9. The number of piperidine rings is 1. The molecular weight excluding hydrogens is 470 g/mol. The number of carboxylic acid groups (broad SMARTS) is 1. The van der Waals surface area contributed by atoms with Crippen LogP contribution in [-0.2, 0) is 11.2 Å². The molecule has 38 heavy (non-hydrogen) atoms. The fourth-order valence-corrected chi connectivity index (χ4v) is 7.06. The molecule has 1 aliphatic carbocycles. The molecule has 2 saturated heterocycles. The molecule has 2 heterocycles. The Morgan fingerprint density at radius 3 is 2.32 bits per heavy atom. The van der Waals surface area contributed by atoms with E-state index in [-0.39, 0.29) is 11.5 Å². The molecule has 3 aliphatic rings. The second-order valence-electron chi connectivity index (χ2n) is 12.1. The third-order valence-electron chi connectivity index (χ3n) is 9.71. The summed E-state index contributed by atoms with van der Waals surface area (Å²) in [4.78, 5) is 17.1. The minimum Gasteiger partial charge on any atom is -0.480 e. The Bertz CT molecular complexity index is 1070. The predicted octanol–water partition coefficient (Wildman–Crippen LogP) is 5.97. The average Bonchev–Trinajstić information content (AvgIpc) is 3.33. The zero-order valence-electron chi connectivity index (χ0n) is 22.7. The van der Waals surface area contributed by atoms with Crippen LogP contribution in [0, 0.1) is 28.6 Å². The molecule has 3 fully saturated rings. The summed E-state index contributed by atoms with van der Waals surface area (Å²) in [5.74, 6) is 0.686. The van der Waals surface area contributed by atoms with E-state index in [1.54, 1.807) is 0 Å². The zero-order valence-corrected chi connectivity index (χ0v) is 22.7. The molecule has 2 aliphatic heterocycles.